The van der Waals surface area contributed by atoms with Crippen LogP contribution in [0.4, 0.5) is 13.2 Å². The number of hydrogen-bond acceptors (Lipinski definition) is 4. The molecular formula is C14H15F3N2OS. The number of ether oxygens (including phenoxy) is 1. The molecule has 1 aromatic carbocycles. The molecule has 3 nitrogen and oxygen atoms in total. The first-order chi connectivity index (χ1) is 9.98. The minimum atomic E-state index is -4.67. The normalized spacial score (nSPS) is 13.1. The predicted molar refractivity (Wildman–Crippen MR) is 76.1 cm³/mol. The average Bonchev–Trinajstić information content (AvgIpc) is 2.92. The number of alkyl halides is 3. The molecule has 2 aromatic rings. The summed E-state index contributed by atoms with van der Waals surface area (Å²) in [5, 5.41) is 5.26. The highest BCUT2D eigenvalue weighted by Gasteiger charge is 2.31. The molecule has 2 rings (SSSR count). The summed E-state index contributed by atoms with van der Waals surface area (Å²) in [6, 6.07) is 9.59. The molecule has 0 bridgehead atoms. The summed E-state index contributed by atoms with van der Waals surface area (Å²) in [6.07, 6.45) is -4.67. The molecule has 7 heteroatoms. The predicted octanol–water partition coefficient (Wildman–Crippen LogP) is 3.44. The molecule has 3 N–H and O–H groups in total. The van der Waals surface area contributed by atoms with Crippen molar-refractivity contribution in [2.45, 2.75) is 18.9 Å². The molecule has 0 saturated carbocycles. The van der Waals surface area contributed by atoms with Gasteiger partial charge in [0.05, 0.1) is 0 Å². The highest BCUT2D eigenvalue weighted by molar-refractivity contribution is 7.09. The first kappa shape index (κ1) is 15.8. The van der Waals surface area contributed by atoms with Gasteiger partial charge in [0.1, 0.15) is 5.75 Å². The Kier molecular flexibility index (Phi) is 5.22. The Hall–Kier alpha value is -1.57. The molecule has 0 amide bonds. The number of halogens is 3. The lowest BCUT2D eigenvalue weighted by Crippen LogP contribution is -2.27. The van der Waals surface area contributed by atoms with Crippen LogP contribution in [0, 0.1) is 0 Å². The highest BCUT2D eigenvalue weighted by Crippen LogP contribution is 2.24. The number of thiophene rings is 1. The number of nitrogens with two attached hydrogens (primary N) is 1. The van der Waals surface area contributed by atoms with E-state index < -0.39 is 6.36 Å². The van der Waals surface area contributed by atoms with Crippen molar-refractivity contribution in [3.05, 3.63) is 52.2 Å². The van der Waals surface area contributed by atoms with Gasteiger partial charge >= 0.3 is 6.36 Å². The van der Waals surface area contributed by atoms with Gasteiger partial charge in [-0.05, 0) is 29.1 Å². The third-order valence-electron chi connectivity index (χ3n) is 2.85. The monoisotopic (exact) mass is 316 g/mol. The van der Waals surface area contributed by atoms with Crippen molar-refractivity contribution >= 4 is 11.3 Å². The van der Waals surface area contributed by atoms with Crippen LogP contribution < -0.4 is 15.8 Å². The Labute approximate surface area is 124 Å². The van der Waals surface area contributed by atoms with Crippen LogP contribution in [0.15, 0.2) is 41.8 Å². The van der Waals surface area contributed by atoms with Crippen molar-refractivity contribution in [1.82, 2.24) is 5.32 Å². The lowest BCUT2D eigenvalue weighted by atomic mass is 10.1. The van der Waals surface area contributed by atoms with Crippen molar-refractivity contribution in [3.63, 3.8) is 0 Å². The van der Waals surface area contributed by atoms with Crippen LogP contribution in [0.1, 0.15) is 16.5 Å². The number of benzene rings is 1. The van der Waals surface area contributed by atoms with Crippen LogP contribution in [0.25, 0.3) is 0 Å². The van der Waals surface area contributed by atoms with Crippen molar-refractivity contribution in [2.24, 2.45) is 5.73 Å². The molecule has 114 valence electrons. The molecule has 1 heterocycles. The zero-order valence-electron chi connectivity index (χ0n) is 11.1. The molecule has 1 aromatic heterocycles. The van der Waals surface area contributed by atoms with Gasteiger partial charge in [0.2, 0.25) is 0 Å². The van der Waals surface area contributed by atoms with Gasteiger partial charge in [0, 0.05) is 24.0 Å². The zero-order valence-corrected chi connectivity index (χ0v) is 11.9. The summed E-state index contributed by atoms with van der Waals surface area (Å²) in [5.74, 6) is -0.236. The largest absolute Gasteiger partial charge is 0.573 e. The van der Waals surface area contributed by atoms with Crippen molar-refractivity contribution in [2.75, 3.05) is 6.54 Å². The van der Waals surface area contributed by atoms with E-state index >= 15 is 0 Å². The highest BCUT2D eigenvalue weighted by atomic mass is 32.1. The summed E-state index contributed by atoms with van der Waals surface area (Å²) < 4.78 is 40.1. The number of nitrogens with one attached hydrogen (secondary N) is 1. The maximum atomic E-state index is 12.1. The van der Waals surface area contributed by atoms with Gasteiger partial charge in [-0.3, -0.25) is 0 Å². The quantitative estimate of drug-likeness (QED) is 0.858. The fourth-order valence-corrected chi connectivity index (χ4v) is 2.53. The van der Waals surface area contributed by atoms with Crippen LogP contribution in [0.3, 0.4) is 0 Å². The minimum absolute atomic E-state index is 0.118. The lowest BCUT2D eigenvalue weighted by molar-refractivity contribution is -0.274. The van der Waals surface area contributed by atoms with E-state index in [1.54, 1.807) is 23.5 Å². The van der Waals surface area contributed by atoms with Crippen LogP contribution in [-0.4, -0.2) is 12.9 Å². The van der Waals surface area contributed by atoms with Gasteiger partial charge in [-0.1, -0.05) is 18.2 Å². The Bertz CT molecular complexity index is 540. The van der Waals surface area contributed by atoms with Gasteiger partial charge in [-0.15, -0.1) is 24.5 Å². The summed E-state index contributed by atoms with van der Waals surface area (Å²) in [7, 11) is 0. The second-order valence-corrected chi connectivity index (χ2v) is 5.40. The van der Waals surface area contributed by atoms with E-state index in [0.29, 0.717) is 13.1 Å². The maximum absolute atomic E-state index is 12.1. The number of rotatable bonds is 6. The Morgan fingerprint density at radius 2 is 1.90 bits per heavy atom. The fourth-order valence-electron chi connectivity index (χ4n) is 1.88. The van der Waals surface area contributed by atoms with Crippen LogP contribution in [0.2, 0.25) is 0 Å². The van der Waals surface area contributed by atoms with Gasteiger partial charge in [0.15, 0.2) is 0 Å². The van der Waals surface area contributed by atoms with E-state index in [1.807, 2.05) is 17.5 Å². The molecule has 0 saturated heterocycles. The third-order valence-corrected chi connectivity index (χ3v) is 3.73. The van der Waals surface area contributed by atoms with Crippen molar-refractivity contribution < 1.29 is 17.9 Å². The van der Waals surface area contributed by atoms with Gasteiger partial charge < -0.3 is 15.8 Å². The molecule has 0 fully saturated rings. The Morgan fingerprint density at radius 1 is 1.19 bits per heavy atom. The summed E-state index contributed by atoms with van der Waals surface area (Å²) >= 11 is 1.63. The van der Waals surface area contributed by atoms with Crippen molar-refractivity contribution in [1.29, 1.82) is 0 Å². The molecule has 0 aliphatic heterocycles. The Balaban J connectivity index is 1.98. The summed E-state index contributed by atoms with van der Waals surface area (Å²) in [4.78, 5) is 1.17. The van der Waals surface area contributed by atoms with E-state index in [2.05, 4.69) is 10.1 Å². The second kappa shape index (κ2) is 6.93. The average molecular weight is 316 g/mol. The van der Waals surface area contributed by atoms with E-state index in [0.717, 1.165) is 5.56 Å². The first-order valence-electron chi connectivity index (χ1n) is 6.29. The number of hydrogen-bond donors (Lipinski definition) is 2. The second-order valence-electron chi connectivity index (χ2n) is 4.37. The standard InChI is InChI=1S/C14H15F3N2OS/c15-14(16,17)20-11-5-3-10(4-6-11)13(8-18)19-9-12-2-1-7-21-12/h1-7,13,19H,8-9,18H2. The van der Waals surface area contributed by atoms with E-state index in [-0.39, 0.29) is 11.8 Å². The van der Waals surface area contributed by atoms with Crippen molar-refractivity contribution in [3.8, 4) is 5.75 Å². The van der Waals surface area contributed by atoms with Crippen LogP contribution in [0.5, 0.6) is 5.75 Å². The molecular weight excluding hydrogens is 301 g/mol. The maximum Gasteiger partial charge on any atom is 0.573 e. The van der Waals surface area contributed by atoms with E-state index in [1.165, 1.54) is 17.0 Å². The summed E-state index contributed by atoms with van der Waals surface area (Å²) in [6.45, 7) is 1.02. The first-order valence-corrected chi connectivity index (χ1v) is 7.17. The van der Waals surface area contributed by atoms with Gasteiger partial charge in [-0.25, -0.2) is 0 Å². The molecule has 0 radical (unpaired) electrons. The molecule has 0 aliphatic rings. The van der Waals surface area contributed by atoms with E-state index in [9.17, 15) is 13.2 Å². The third kappa shape index (κ3) is 5.04. The lowest BCUT2D eigenvalue weighted by Gasteiger charge is -2.17. The topological polar surface area (TPSA) is 47.3 Å². The molecule has 21 heavy (non-hydrogen) atoms. The van der Waals surface area contributed by atoms with Crippen LogP contribution >= 0.6 is 11.3 Å². The van der Waals surface area contributed by atoms with Crippen LogP contribution in [-0.2, 0) is 6.54 Å². The summed E-state index contributed by atoms with van der Waals surface area (Å²) in [5.41, 5.74) is 6.54. The zero-order chi connectivity index (χ0) is 15.3. The van der Waals surface area contributed by atoms with Gasteiger partial charge in [-0.2, -0.15) is 0 Å². The SMILES string of the molecule is NCC(NCc1cccs1)c1ccc(OC(F)(F)F)cc1. The molecule has 1 unspecified atom stereocenters. The van der Waals surface area contributed by atoms with E-state index in [4.69, 9.17) is 5.73 Å². The smallest absolute Gasteiger partial charge is 0.406 e. The minimum Gasteiger partial charge on any atom is -0.406 e. The fraction of sp³-hybridized carbons (Fsp3) is 0.286. The Morgan fingerprint density at radius 3 is 2.43 bits per heavy atom. The molecule has 0 aliphatic carbocycles. The molecule has 1 atom stereocenters. The van der Waals surface area contributed by atoms with Gasteiger partial charge in [0.25, 0.3) is 0 Å². The molecule has 0 spiro atoms.